The molecule has 1 heterocycles. The lowest BCUT2D eigenvalue weighted by Crippen LogP contribution is -2.40. The number of nitrogens with one attached hydrogen (secondary N) is 1. The Morgan fingerprint density at radius 2 is 2.05 bits per heavy atom. The van der Waals surface area contributed by atoms with Crippen LogP contribution in [0.15, 0.2) is 17.5 Å². The predicted octanol–water partition coefficient (Wildman–Crippen LogP) is 2.52. The quantitative estimate of drug-likeness (QED) is 0.760. The maximum absolute atomic E-state index is 11.7. The van der Waals surface area contributed by atoms with Crippen molar-refractivity contribution in [3.05, 3.63) is 22.4 Å². The van der Waals surface area contributed by atoms with Crippen LogP contribution in [0.25, 0.3) is 0 Å². The van der Waals surface area contributed by atoms with E-state index in [1.165, 1.54) is 11.3 Å². The Kier molecular flexibility index (Phi) is 5.31. The zero-order chi connectivity index (χ0) is 14.4. The summed E-state index contributed by atoms with van der Waals surface area (Å²) in [6.07, 6.45) is 4.89. The van der Waals surface area contributed by atoms with Gasteiger partial charge in [-0.2, -0.15) is 0 Å². The second-order valence-corrected chi connectivity index (χ2v) is 6.41. The first-order valence-electron chi connectivity index (χ1n) is 7.15. The van der Waals surface area contributed by atoms with Gasteiger partial charge in [0, 0.05) is 19.4 Å². The Bertz CT molecular complexity index is 450. The summed E-state index contributed by atoms with van der Waals surface area (Å²) in [6, 6.07) is 3.66. The minimum atomic E-state index is -0.706. The molecule has 1 fully saturated rings. The first kappa shape index (κ1) is 15.2. The van der Waals surface area contributed by atoms with Crippen LogP contribution in [0.3, 0.4) is 0 Å². The molecule has 0 aliphatic heterocycles. The number of carbonyl (C=O) groups is 2. The van der Waals surface area contributed by atoms with Crippen LogP contribution in [0, 0.1) is 0 Å². The molecule has 0 unspecified atom stereocenters. The van der Waals surface area contributed by atoms with Crippen molar-refractivity contribution in [3.8, 4) is 0 Å². The zero-order valence-corrected chi connectivity index (χ0v) is 12.4. The van der Waals surface area contributed by atoms with Crippen LogP contribution in [-0.4, -0.2) is 28.9 Å². The van der Waals surface area contributed by atoms with Crippen molar-refractivity contribution < 1.29 is 14.7 Å². The number of hydrogen-bond acceptors (Lipinski definition) is 4. The molecular formula is C15H21NO3S. The molecule has 1 aliphatic carbocycles. The highest BCUT2D eigenvalue weighted by atomic mass is 32.1. The number of thiophene rings is 1. The lowest BCUT2D eigenvalue weighted by molar-refractivity contribution is -0.122. The maximum Gasteiger partial charge on any atom is 0.220 e. The molecule has 1 aliphatic rings. The summed E-state index contributed by atoms with van der Waals surface area (Å²) in [5, 5.41) is 14.8. The van der Waals surface area contributed by atoms with Crippen molar-refractivity contribution in [1.29, 1.82) is 0 Å². The summed E-state index contributed by atoms with van der Waals surface area (Å²) < 4.78 is 0. The van der Waals surface area contributed by atoms with E-state index in [4.69, 9.17) is 0 Å². The Hall–Kier alpha value is -1.20. The van der Waals surface area contributed by atoms with Crippen molar-refractivity contribution in [3.63, 3.8) is 0 Å². The number of carbonyl (C=O) groups excluding carboxylic acids is 2. The summed E-state index contributed by atoms with van der Waals surface area (Å²) in [5.74, 6) is 0.0199. The first-order chi connectivity index (χ1) is 9.59. The van der Waals surface area contributed by atoms with Crippen LogP contribution in [0.5, 0.6) is 0 Å². The molecule has 1 amide bonds. The van der Waals surface area contributed by atoms with Crippen molar-refractivity contribution in [2.45, 2.75) is 50.5 Å². The van der Waals surface area contributed by atoms with E-state index in [0.29, 0.717) is 25.8 Å². The van der Waals surface area contributed by atoms with Crippen LogP contribution in [0.2, 0.25) is 0 Å². The zero-order valence-electron chi connectivity index (χ0n) is 11.6. The standard InChI is InChI=1S/C15H21NO3S/c17-12(13-6-4-10-20-13)5-3-7-14(18)16-11-15(19)8-1-2-9-15/h4,6,10,19H,1-3,5,7-9,11H2,(H,16,18). The van der Waals surface area contributed by atoms with E-state index in [1.54, 1.807) is 0 Å². The Labute approximate surface area is 123 Å². The number of Topliss-reactive ketones (excluding diaryl/α,β-unsaturated/α-hetero) is 1. The van der Waals surface area contributed by atoms with Gasteiger partial charge in [0.1, 0.15) is 0 Å². The first-order valence-corrected chi connectivity index (χ1v) is 8.03. The average Bonchev–Trinajstić information content (AvgIpc) is 3.08. The molecule has 5 heteroatoms. The molecule has 0 bridgehead atoms. The Morgan fingerprint density at radius 3 is 2.70 bits per heavy atom. The van der Waals surface area contributed by atoms with Crippen LogP contribution < -0.4 is 5.32 Å². The van der Waals surface area contributed by atoms with E-state index < -0.39 is 5.60 Å². The topological polar surface area (TPSA) is 66.4 Å². The fraction of sp³-hybridized carbons (Fsp3) is 0.600. The van der Waals surface area contributed by atoms with Crippen molar-refractivity contribution >= 4 is 23.0 Å². The van der Waals surface area contributed by atoms with E-state index >= 15 is 0 Å². The van der Waals surface area contributed by atoms with Gasteiger partial charge in [0.15, 0.2) is 5.78 Å². The Balaban J connectivity index is 1.62. The highest BCUT2D eigenvalue weighted by molar-refractivity contribution is 7.12. The van der Waals surface area contributed by atoms with Crippen LogP contribution in [-0.2, 0) is 4.79 Å². The van der Waals surface area contributed by atoms with E-state index in [-0.39, 0.29) is 11.7 Å². The summed E-state index contributed by atoms with van der Waals surface area (Å²) in [7, 11) is 0. The summed E-state index contributed by atoms with van der Waals surface area (Å²) in [4.78, 5) is 24.2. The van der Waals surface area contributed by atoms with E-state index in [9.17, 15) is 14.7 Å². The third kappa shape index (κ3) is 4.42. The van der Waals surface area contributed by atoms with Gasteiger partial charge in [0.2, 0.25) is 5.91 Å². The van der Waals surface area contributed by atoms with Gasteiger partial charge in [-0.1, -0.05) is 18.9 Å². The Morgan fingerprint density at radius 1 is 1.30 bits per heavy atom. The largest absolute Gasteiger partial charge is 0.388 e. The van der Waals surface area contributed by atoms with Gasteiger partial charge in [-0.15, -0.1) is 11.3 Å². The molecule has 1 saturated carbocycles. The van der Waals surface area contributed by atoms with Gasteiger partial charge in [0.25, 0.3) is 0 Å². The molecule has 2 N–H and O–H groups in total. The minimum absolute atomic E-state index is 0.0793. The highest BCUT2D eigenvalue weighted by Crippen LogP contribution is 2.28. The second kappa shape index (κ2) is 6.99. The van der Waals surface area contributed by atoms with E-state index in [2.05, 4.69) is 5.32 Å². The summed E-state index contributed by atoms with van der Waals surface area (Å²) >= 11 is 1.43. The minimum Gasteiger partial charge on any atom is -0.388 e. The fourth-order valence-electron chi connectivity index (χ4n) is 2.53. The molecular weight excluding hydrogens is 274 g/mol. The van der Waals surface area contributed by atoms with Gasteiger partial charge >= 0.3 is 0 Å². The van der Waals surface area contributed by atoms with E-state index in [1.807, 2.05) is 17.5 Å². The number of rotatable bonds is 7. The molecule has 0 aromatic carbocycles. The third-order valence-electron chi connectivity index (χ3n) is 3.75. The van der Waals surface area contributed by atoms with Crippen LogP contribution >= 0.6 is 11.3 Å². The van der Waals surface area contributed by atoms with Crippen molar-refractivity contribution in [2.24, 2.45) is 0 Å². The summed E-state index contributed by atoms with van der Waals surface area (Å²) in [5.41, 5.74) is -0.706. The lowest BCUT2D eigenvalue weighted by atomic mass is 10.0. The van der Waals surface area contributed by atoms with E-state index in [0.717, 1.165) is 30.6 Å². The smallest absolute Gasteiger partial charge is 0.220 e. The normalized spacial score (nSPS) is 17.1. The van der Waals surface area contributed by atoms with Gasteiger partial charge < -0.3 is 10.4 Å². The number of ketones is 1. The van der Waals surface area contributed by atoms with Crippen LogP contribution in [0.4, 0.5) is 0 Å². The molecule has 1 aromatic rings. The number of aliphatic hydroxyl groups is 1. The molecule has 4 nitrogen and oxygen atoms in total. The van der Waals surface area contributed by atoms with Gasteiger partial charge in [-0.05, 0) is 30.7 Å². The monoisotopic (exact) mass is 295 g/mol. The molecule has 0 spiro atoms. The molecule has 0 radical (unpaired) electrons. The van der Waals surface area contributed by atoms with Crippen molar-refractivity contribution in [1.82, 2.24) is 5.32 Å². The highest BCUT2D eigenvalue weighted by Gasteiger charge is 2.31. The van der Waals surface area contributed by atoms with Gasteiger partial charge in [0.05, 0.1) is 10.5 Å². The van der Waals surface area contributed by atoms with Crippen LogP contribution in [0.1, 0.15) is 54.6 Å². The maximum atomic E-state index is 11.7. The molecule has 110 valence electrons. The van der Waals surface area contributed by atoms with Gasteiger partial charge in [-0.25, -0.2) is 0 Å². The molecule has 20 heavy (non-hydrogen) atoms. The molecule has 0 atom stereocenters. The lowest BCUT2D eigenvalue weighted by Gasteiger charge is -2.22. The molecule has 2 rings (SSSR count). The molecule has 0 saturated heterocycles. The predicted molar refractivity (Wildman–Crippen MR) is 78.9 cm³/mol. The van der Waals surface area contributed by atoms with Crippen molar-refractivity contribution in [2.75, 3.05) is 6.54 Å². The third-order valence-corrected chi connectivity index (χ3v) is 4.66. The van der Waals surface area contributed by atoms with Gasteiger partial charge in [-0.3, -0.25) is 9.59 Å². The number of hydrogen-bond donors (Lipinski definition) is 2. The summed E-state index contributed by atoms with van der Waals surface area (Å²) in [6.45, 7) is 0.338. The SMILES string of the molecule is O=C(CCCC(=O)c1cccs1)NCC1(O)CCCC1. The average molecular weight is 295 g/mol. The fourth-order valence-corrected chi connectivity index (χ4v) is 3.23. The second-order valence-electron chi connectivity index (χ2n) is 5.46. The molecule has 1 aromatic heterocycles. The number of amides is 1.